The second kappa shape index (κ2) is 6.01. The van der Waals surface area contributed by atoms with Crippen LogP contribution >= 0.6 is 0 Å². The van der Waals surface area contributed by atoms with Crippen LogP contribution in [0.3, 0.4) is 0 Å². The summed E-state index contributed by atoms with van der Waals surface area (Å²) in [7, 11) is 0. The first-order valence-electron chi connectivity index (χ1n) is 1.65. The van der Waals surface area contributed by atoms with Crippen LogP contribution in [-0.2, 0) is 0 Å². The van der Waals surface area contributed by atoms with Gasteiger partial charge in [0.2, 0.25) is 0 Å². The molecule has 0 aromatic carbocycles. The van der Waals surface area contributed by atoms with Crippen LogP contribution in [-0.4, -0.2) is 6.04 Å². The van der Waals surface area contributed by atoms with Gasteiger partial charge in [0.05, 0.1) is 0 Å². The second-order valence-corrected chi connectivity index (χ2v) is 1.05. The first kappa shape index (κ1) is 10.1. The molecule has 6 heavy (non-hydrogen) atoms. The molecule has 0 saturated heterocycles. The van der Waals surface area contributed by atoms with E-state index in [0.29, 0.717) is 0 Å². The average Bonchev–Trinajstić information content (AvgIpc) is 1.38. The molecule has 1 nitrogen and oxygen atoms in total. The molecule has 34 valence electrons. The Balaban J connectivity index is 0. The molecule has 0 heterocycles. The van der Waals surface area contributed by atoms with Gasteiger partial charge >= 0.3 is 31.1 Å². The Kier molecular flexibility index (Phi) is 10.1. The summed E-state index contributed by atoms with van der Waals surface area (Å²) in [5.74, 6) is 0. The Morgan fingerprint density at radius 1 is 1.67 bits per heavy atom. The van der Waals surface area contributed by atoms with Crippen molar-refractivity contribution in [3.63, 3.8) is 0 Å². The van der Waals surface area contributed by atoms with Gasteiger partial charge in [0.15, 0.2) is 0 Å². The number of hydrogen-bond acceptors (Lipinski definition) is 1. The molecule has 0 rings (SSSR count). The van der Waals surface area contributed by atoms with E-state index in [1.165, 1.54) is 0 Å². The Morgan fingerprint density at radius 2 is 1.83 bits per heavy atom. The summed E-state index contributed by atoms with van der Waals surface area (Å²) in [6, 6.07) is 0.0231. The predicted molar refractivity (Wildman–Crippen MR) is 23.3 cm³/mol. The maximum atomic E-state index is 5.12. The Morgan fingerprint density at radius 3 is 1.83 bits per heavy atom. The van der Waals surface area contributed by atoms with E-state index in [2.05, 4.69) is 13.8 Å². The minimum absolute atomic E-state index is 0. The molecule has 0 aliphatic rings. The molecule has 0 aliphatic carbocycles. The van der Waals surface area contributed by atoms with Crippen LogP contribution in [0.15, 0.2) is 0 Å². The first-order chi connectivity index (χ1) is 2.27. The fourth-order valence-electron chi connectivity index (χ4n) is 0. The van der Waals surface area contributed by atoms with E-state index >= 15 is 0 Å². The molecule has 0 spiro atoms. The van der Waals surface area contributed by atoms with Crippen molar-refractivity contribution in [3.05, 3.63) is 13.8 Å². The van der Waals surface area contributed by atoms with Crippen LogP contribution in [0.4, 0.5) is 0 Å². The van der Waals surface area contributed by atoms with Crippen molar-refractivity contribution in [1.82, 2.24) is 0 Å². The zero-order chi connectivity index (χ0) is 4.28. The Hall–Kier alpha value is 1.01. The van der Waals surface area contributed by atoms with E-state index in [1.54, 1.807) is 0 Å². The predicted octanol–water partition coefficient (Wildman–Crippen LogP) is 0.372. The molecule has 2 N–H and O–H groups in total. The zero-order valence-electron chi connectivity index (χ0n) is 3.78. The van der Waals surface area contributed by atoms with E-state index in [4.69, 9.17) is 5.73 Å². The third kappa shape index (κ3) is 8.89. The summed E-state index contributed by atoms with van der Waals surface area (Å²) in [5.41, 5.74) is 5.12. The van der Waals surface area contributed by atoms with Crippen molar-refractivity contribution in [2.24, 2.45) is 5.73 Å². The van der Waals surface area contributed by atoms with Crippen LogP contribution in [0, 0.1) is 45.0 Å². The fourth-order valence-corrected chi connectivity index (χ4v) is 0. The number of nitrogens with two attached hydrogens (primary N) is 1. The molecule has 0 aromatic heterocycles. The van der Waals surface area contributed by atoms with E-state index < -0.39 is 0 Å². The largest absolute Gasteiger partial charge is 2.00 e. The normalized spacial score (nSPS) is 12.5. The van der Waals surface area contributed by atoms with Gasteiger partial charge in [0.1, 0.15) is 0 Å². The minimum Gasteiger partial charge on any atom is -0.359 e. The smallest absolute Gasteiger partial charge is 0.359 e. The maximum absolute atomic E-state index is 5.12. The summed E-state index contributed by atoms with van der Waals surface area (Å²) in [4.78, 5) is 0. The van der Waals surface area contributed by atoms with Crippen molar-refractivity contribution >= 4 is 0 Å². The van der Waals surface area contributed by atoms with Gasteiger partial charge in [-0.15, -0.1) is 0 Å². The molecule has 0 aromatic rings. The molecule has 0 saturated carbocycles. The van der Waals surface area contributed by atoms with Gasteiger partial charge in [0.25, 0.3) is 0 Å². The quantitative estimate of drug-likeness (QED) is 0.696. The van der Waals surface area contributed by atoms with E-state index in [1.807, 2.05) is 0 Å². The van der Waals surface area contributed by atoms with Gasteiger partial charge in [-0.25, -0.2) is 0 Å². The van der Waals surface area contributed by atoms with Crippen LogP contribution in [0.5, 0.6) is 0 Å². The van der Waals surface area contributed by atoms with Gasteiger partial charge in [-0.3, -0.25) is 0 Å². The molecule has 0 aliphatic heterocycles. The van der Waals surface area contributed by atoms with Gasteiger partial charge in [-0.1, -0.05) is 0 Å². The summed E-state index contributed by atoms with van der Waals surface area (Å²) < 4.78 is 0. The summed E-state index contributed by atoms with van der Waals surface area (Å²) in [5, 5.41) is 0. The molecule has 0 radical (unpaired) electrons. The van der Waals surface area contributed by atoms with Gasteiger partial charge in [-0.05, 0) is 0 Å². The van der Waals surface area contributed by atoms with Crippen molar-refractivity contribution < 1.29 is 31.1 Å². The zero-order valence-corrected chi connectivity index (χ0v) is 7.94. The SMILES string of the molecule is [CH2-]CC([CH2-])N.[U+2]. The molecule has 1 unspecified atom stereocenters. The third-order valence-electron chi connectivity index (χ3n) is 0.371. The first-order valence-corrected chi connectivity index (χ1v) is 1.65. The standard InChI is InChI=1S/C4H9N.U/c1-3-4(2)5;/h4H,1-3,5H2;/q-2;+2. The second-order valence-electron chi connectivity index (χ2n) is 1.05. The molecule has 0 amide bonds. The summed E-state index contributed by atoms with van der Waals surface area (Å²) in [6.45, 7) is 6.97. The molecular formula is C4H9NU. The van der Waals surface area contributed by atoms with Crippen LogP contribution in [0.2, 0.25) is 0 Å². The number of rotatable bonds is 1. The molecule has 1 atom stereocenters. The monoisotopic (exact) mass is 309 g/mol. The summed E-state index contributed by atoms with van der Waals surface area (Å²) in [6.07, 6.45) is 0.722. The third-order valence-corrected chi connectivity index (χ3v) is 0.371. The Labute approximate surface area is 63.1 Å². The van der Waals surface area contributed by atoms with E-state index in [-0.39, 0.29) is 37.2 Å². The maximum Gasteiger partial charge on any atom is 2.00 e. The molecule has 2 heteroatoms. The van der Waals surface area contributed by atoms with Gasteiger partial charge in [0, 0.05) is 0 Å². The number of hydrogen-bond donors (Lipinski definition) is 1. The molecule has 0 bridgehead atoms. The molecule has 0 fully saturated rings. The van der Waals surface area contributed by atoms with Crippen molar-refractivity contribution in [2.45, 2.75) is 12.5 Å². The van der Waals surface area contributed by atoms with Crippen LogP contribution in [0.1, 0.15) is 6.42 Å². The Bertz CT molecular complexity index is 21.5. The van der Waals surface area contributed by atoms with Gasteiger partial charge in [-0.2, -0.15) is 12.5 Å². The van der Waals surface area contributed by atoms with Crippen molar-refractivity contribution in [3.8, 4) is 0 Å². The van der Waals surface area contributed by atoms with Gasteiger partial charge < -0.3 is 19.6 Å². The molecular weight excluding hydrogens is 300 g/mol. The van der Waals surface area contributed by atoms with Crippen LogP contribution < -0.4 is 5.73 Å². The fraction of sp³-hybridized carbons (Fsp3) is 0.500. The minimum atomic E-state index is 0. The topological polar surface area (TPSA) is 26.0 Å². The van der Waals surface area contributed by atoms with Crippen molar-refractivity contribution in [1.29, 1.82) is 0 Å². The van der Waals surface area contributed by atoms with E-state index in [0.717, 1.165) is 6.42 Å². The van der Waals surface area contributed by atoms with Crippen molar-refractivity contribution in [2.75, 3.05) is 0 Å². The average molecular weight is 309 g/mol. The summed E-state index contributed by atoms with van der Waals surface area (Å²) >= 11 is 0. The van der Waals surface area contributed by atoms with E-state index in [9.17, 15) is 0 Å². The van der Waals surface area contributed by atoms with Crippen LogP contribution in [0.25, 0.3) is 0 Å².